The second-order valence-electron chi connectivity index (χ2n) is 6.07. The first-order valence-corrected chi connectivity index (χ1v) is 5.85. The number of nitrogens with zero attached hydrogens (tertiary/aromatic N) is 1. The minimum atomic E-state index is -0.489. The summed E-state index contributed by atoms with van der Waals surface area (Å²) in [5, 5.41) is 12.5. The summed E-state index contributed by atoms with van der Waals surface area (Å²) in [6.45, 7) is 6.77. The van der Waals surface area contributed by atoms with Gasteiger partial charge in [-0.15, -0.1) is 0 Å². The number of carbonyl (C=O) groups is 1. The van der Waals surface area contributed by atoms with Gasteiger partial charge in [-0.25, -0.2) is 0 Å². The van der Waals surface area contributed by atoms with Crippen LogP contribution >= 0.6 is 0 Å². The average Bonchev–Trinajstić information content (AvgIpc) is 2.11. The van der Waals surface area contributed by atoms with Crippen molar-refractivity contribution in [1.82, 2.24) is 5.32 Å². The molecule has 0 heterocycles. The topological polar surface area (TPSA) is 49.3 Å². The second kappa shape index (κ2) is 5.64. The van der Waals surface area contributed by atoms with Crippen LogP contribution in [0.4, 0.5) is 0 Å². The van der Waals surface area contributed by atoms with E-state index in [-0.39, 0.29) is 11.3 Å². The molecule has 0 saturated carbocycles. The molecule has 4 heteroatoms. The predicted molar refractivity (Wildman–Crippen MR) is 66.0 cm³/mol. The van der Waals surface area contributed by atoms with Crippen LogP contribution in [0.2, 0.25) is 0 Å². The van der Waals surface area contributed by atoms with Gasteiger partial charge >= 0.3 is 0 Å². The Morgan fingerprint density at radius 2 is 1.88 bits per heavy atom. The van der Waals surface area contributed by atoms with Gasteiger partial charge in [0.15, 0.2) is 0 Å². The maximum Gasteiger partial charge on any atom is 0.225 e. The summed E-state index contributed by atoms with van der Waals surface area (Å²) in [4.78, 5) is 11.7. The third-order valence-electron chi connectivity index (χ3n) is 2.76. The Bertz CT molecular complexity index is 232. The lowest BCUT2D eigenvalue weighted by atomic mass is 9.89. The molecule has 16 heavy (non-hydrogen) atoms. The Morgan fingerprint density at radius 1 is 1.38 bits per heavy atom. The molecule has 0 aromatic rings. The molecule has 0 aliphatic carbocycles. The summed E-state index contributed by atoms with van der Waals surface area (Å²) in [6, 6.07) is 0. The fourth-order valence-electron chi connectivity index (χ4n) is 1.31. The quantitative estimate of drug-likeness (QED) is 0.658. The summed E-state index contributed by atoms with van der Waals surface area (Å²) in [7, 11) is 6.04. The molecule has 0 aliphatic rings. The summed E-state index contributed by atoms with van der Waals surface area (Å²) in [5.74, 6) is 0.00968. The molecule has 1 atom stereocenters. The van der Waals surface area contributed by atoms with Crippen molar-refractivity contribution < 1.29 is 14.4 Å². The van der Waals surface area contributed by atoms with Crippen LogP contribution in [0.3, 0.4) is 0 Å². The molecule has 1 unspecified atom stereocenters. The zero-order valence-corrected chi connectivity index (χ0v) is 11.5. The first-order chi connectivity index (χ1) is 7.08. The van der Waals surface area contributed by atoms with Crippen molar-refractivity contribution in [3.05, 3.63) is 0 Å². The van der Waals surface area contributed by atoms with Gasteiger partial charge in [-0.3, -0.25) is 4.79 Å². The number of rotatable bonds is 6. The maximum atomic E-state index is 11.7. The highest BCUT2D eigenvalue weighted by Gasteiger charge is 2.26. The van der Waals surface area contributed by atoms with Crippen LogP contribution in [-0.2, 0) is 4.79 Å². The van der Waals surface area contributed by atoms with E-state index in [0.717, 1.165) is 6.42 Å². The van der Waals surface area contributed by atoms with Crippen molar-refractivity contribution in [2.75, 3.05) is 34.2 Å². The van der Waals surface area contributed by atoms with Gasteiger partial charge in [-0.05, 0) is 6.42 Å². The van der Waals surface area contributed by atoms with E-state index in [2.05, 4.69) is 5.32 Å². The van der Waals surface area contributed by atoms with Crippen molar-refractivity contribution in [2.45, 2.75) is 33.3 Å². The molecule has 0 bridgehead atoms. The number of likely N-dealkylation sites (N-methyl/N-ethyl adjacent to an activating group) is 1. The molecule has 0 radical (unpaired) electrons. The highest BCUT2D eigenvalue weighted by atomic mass is 16.3. The van der Waals surface area contributed by atoms with Gasteiger partial charge in [0, 0.05) is 12.0 Å². The van der Waals surface area contributed by atoms with Gasteiger partial charge in [-0.1, -0.05) is 20.8 Å². The lowest BCUT2D eigenvalue weighted by Gasteiger charge is -2.28. The van der Waals surface area contributed by atoms with Crippen LogP contribution in [0.5, 0.6) is 0 Å². The largest absolute Gasteiger partial charge is 0.385 e. The fraction of sp³-hybridized carbons (Fsp3) is 0.917. The number of aliphatic hydroxyl groups excluding tert-OH is 1. The monoisotopic (exact) mass is 231 g/mol. The lowest BCUT2D eigenvalue weighted by Crippen LogP contribution is -2.47. The number of carbonyl (C=O) groups excluding carboxylic acids is 1. The summed E-state index contributed by atoms with van der Waals surface area (Å²) < 4.78 is 0.689. The highest BCUT2D eigenvalue weighted by molar-refractivity contribution is 5.81. The van der Waals surface area contributed by atoms with Gasteiger partial charge in [0.2, 0.25) is 5.91 Å². The molecule has 0 aromatic heterocycles. The molecule has 0 aromatic carbocycles. The van der Waals surface area contributed by atoms with E-state index in [4.69, 9.17) is 0 Å². The molecule has 0 rings (SSSR count). The molecule has 0 fully saturated rings. The van der Waals surface area contributed by atoms with Gasteiger partial charge in [0.1, 0.15) is 12.6 Å². The zero-order valence-electron chi connectivity index (χ0n) is 11.5. The Labute approximate surface area is 99.2 Å². The van der Waals surface area contributed by atoms with Crippen molar-refractivity contribution in [3.63, 3.8) is 0 Å². The Balaban J connectivity index is 4.02. The second-order valence-corrected chi connectivity index (χ2v) is 6.07. The van der Waals surface area contributed by atoms with E-state index >= 15 is 0 Å². The normalized spacial score (nSPS) is 14.7. The van der Waals surface area contributed by atoms with E-state index in [1.54, 1.807) is 0 Å². The summed E-state index contributed by atoms with van der Waals surface area (Å²) in [5.41, 5.74) is -0.351. The van der Waals surface area contributed by atoms with Crippen LogP contribution in [0.1, 0.15) is 27.2 Å². The highest BCUT2D eigenvalue weighted by Crippen LogP contribution is 2.19. The van der Waals surface area contributed by atoms with Crippen LogP contribution in [-0.4, -0.2) is 55.8 Å². The number of amides is 1. The van der Waals surface area contributed by atoms with Crippen molar-refractivity contribution in [2.24, 2.45) is 5.41 Å². The number of hydrogen-bond donors (Lipinski definition) is 2. The van der Waals surface area contributed by atoms with Crippen molar-refractivity contribution >= 4 is 5.91 Å². The van der Waals surface area contributed by atoms with Gasteiger partial charge in [0.25, 0.3) is 0 Å². The van der Waals surface area contributed by atoms with Gasteiger partial charge < -0.3 is 14.9 Å². The smallest absolute Gasteiger partial charge is 0.225 e. The summed E-state index contributed by atoms with van der Waals surface area (Å²) in [6.07, 6.45) is 0.307. The minimum Gasteiger partial charge on any atom is -0.385 e. The van der Waals surface area contributed by atoms with Gasteiger partial charge in [0.05, 0.1) is 21.1 Å². The fourth-order valence-corrected chi connectivity index (χ4v) is 1.31. The Morgan fingerprint density at radius 3 is 2.25 bits per heavy atom. The number of nitrogens with one attached hydrogen (secondary N) is 1. The molecule has 2 N–H and O–H groups in total. The number of aliphatic hydroxyl groups is 1. The molecule has 0 saturated heterocycles. The molecular formula is C12H27N2O2+. The van der Waals surface area contributed by atoms with E-state index in [1.807, 2.05) is 41.9 Å². The Hall–Kier alpha value is -0.610. The van der Waals surface area contributed by atoms with E-state index in [1.165, 1.54) is 0 Å². The first-order valence-electron chi connectivity index (χ1n) is 5.85. The van der Waals surface area contributed by atoms with E-state index in [9.17, 15) is 9.90 Å². The summed E-state index contributed by atoms with van der Waals surface area (Å²) >= 11 is 0. The molecular weight excluding hydrogens is 204 g/mol. The van der Waals surface area contributed by atoms with E-state index in [0.29, 0.717) is 17.6 Å². The number of hydrogen-bond acceptors (Lipinski definition) is 2. The first kappa shape index (κ1) is 15.4. The third-order valence-corrected chi connectivity index (χ3v) is 2.76. The maximum absolute atomic E-state index is 11.7. The molecule has 4 nitrogen and oxygen atoms in total. The van der Waals surface area contributed by atoms with Gasteiger partial charge in [-0.2, -0.15) is 0 Å². The molecule has 0 spiro atoms. The van der Waals surface area contributed by atoms with Crippen LogP contribution in [0.25, 0.3) is 0 Å². The Kier molecular flexibility index (Phi) is 5.42. The molecule has 0 aliphatic heterocycles. The molecule has 96 valence electrons. The van der Waals surface area contributed by atoms with Crippen LogP contribution in [0.15, 0.2) is 0 Å². The third kappa shape index (κ3) is 6.08. The van der Waals surface area contributed by atoms with Crippen LogP contribution in [0, 0.1) is 5.41 Å². The zero-order chi connectivity index (χ0) is 13.0. The number of quaternary nitrogens is 1. The van der Waals surface area contributed by atoms with Crippen molar-refractivity contribution in [1.29, 1.82) is 0 Å². The predicted octanol–water partition coefficient (Wildman–Crippen LogP) is 0.606. The standard InChI is InChI=1S/C12H26N2O2/c1-7-12(2,3)11(16)13-8-10(15)9-14(4,5)6/h10,15H,7-9H2,1-6H3/p+1. The SMILES string of the molecule is CCC(C)(C)C(=O)NCC(O)C[N+](C)(C)C. The molecule has 1 amide bonds. The van der Waals surface area contributed by atoms with Crippen molar-refractivity contribution in [3.8, 4) is 0 Å². The average molecular weight is 231 g/mol. The lowest BCUT2D eigenvalue weighted by molar-refractivity contribution is -0.873. The minimum absolute atomic E-state index is 0.00968. The van der Waals surface area contributed by atoms with Crippen LogP contribution < -0.4 is 5.32 Å². The van der Waals surface area contributed by atoms with E-state index < -0.39 is 6.10 Å².